The normalized spacial score (nSPS) is 13.9. The first-order chi connectivity index (χ1) is 12.6. The maximum atomic E-state index is 12.1. The Morgan fingerprint density at radius 3 is 2.65 bits per heavy atom. The molecule has 0 bridgehead atoms. The summed E-state index contributed by atoms with van der Waals surface area (Å²) in [7, 11) is 0. The van der Waals surface area contributed by atoms with Gasteiger partial charge in [-0.2, -0.15) is 0 Å². The van der Waals surface area contributed by atoms with Gasteiger partial charge in [0.05, 0.1) is 18.1 Å². The third kappa shape index (κ3) is 4.45. The van der Waals surface area contributed by atoms with Crippen molar-refractivity contribution in [3.05, 3.63) is 58.3 Å². The van der Waals surface area contributed by atoms with Gasteiger partial charge in [-0.1, -0.05) is 6.07 Å². The van der Waals surface area contributed by atoms with Gasteiger partial charge in [0.15, 0.2) is 0 Å². The van der Waals surface area contributed by atoms with Crippen molar-refractivity contribution in [1.29, 1.82) is 0 Å². The molecule has 1 saturated heterocycles. The molecule has 0 aliphatic carbocycles. The lowest BCUT2D eigenvalue weighted by molar-refractivity contribution is -0.384. The molecule has 2 heterocycles. The van der Waals surface area contributed by atoms with E-state index in [1.54, 1.807) is 6.20 Å². The molecule has 0 unspecified atom stereocenters. The molecule has 1 fully saturated rings. The van der Waals surface area contributed by atoms with E-state index in [1.165, 1.54) is 24.3 Å². The molecule has 0 spiro atoms. The molecule has 2 N–H and O–H groups in total. The first-order valence-corrected chi connectivity index (χ1v) is 8.19. The van der Waals surface area contributed by atoms with Crippen LogP contribution in [0.1, 0.15) is 5.56 Å². The molecule has 1 aliphatic heterocycles. The highest BCUT2D eigenvalue weighted by molar-refractivity contribution is 5.89. The van der Waals surface area contributed by atoms with Crippen LogP contribution in [0.25, 0.3) is 0 Å². The molecular weight excluding hydrogens is 338 g/mol. The lowest BCUT2D eigenvalue weighted by Crippen LogP contribution is -2.38. The third-order valence-electron chi connectivity index (χ3n) is 3.95. The zero-order chi connectivity index (χ0) is 18.4. The topological polar surface area (TPSA) is 110 Å². The van der Waals surface area contributed by atoms with Crippen molar-refractivity contribution in [2.75, 3.05) is 36.5 Å². The van der Waals surface area contributed by atoms with Crippen LogP contribution in [0.4, 0.5) is 22.0 Å². The van der Waals surface area contributed by atoms with E-state index in [2.05, 4.69) is 20.5 Å². The van der Waals surface area contributed by atoms with E-state index in [-0.39, 0.29) is 5.69 Å². The summed E-state index contributed by atoms with van der Waals surface area (Å²) in [6.45, 7) is 3.16. The predicted octanol–water partition coefficient (Wildman–Crippen LogP) is 2.15. The van der Waals surface area contributed by atoms with Crippen LogP contribution in [0.15, 0.2) is 42.6 Å². The lowest BCUT2D eigenvalue weighted by Gasteiger charge is -2.29. The number of morpholine rings is 1. The molecule has 0 saturated carbocycles. The number of non-ortho nitro benzene ring substituents is 1. The van der Waals surface area contributed by atoms with Crippen LogP contribution in [-0.4, -0.2) is 42.2 Å². The van der Waals surface area contributed by atoms with Crippen molar-refractivity contribution in [3.8, 4) is 0 Å². The van der Waals surface area contributed by atoms with Crippen molar-refractivity contribution in [1.82, 2.24) is 10.3 Å². The Morgan fingerprint density at radius 2 is 1.96 bits per heavy atom. The number of aromatic nitrogens is 1. The van der Waals surface area contributed by atoms with Crippen LogP contribution in [0.3, 0.4) is 0 Å². The van der Waals surface area contributed by atoms with Crippen LogP contribution in [-0.2, 0) is 11.3 Å². The summed E-state index contributed by atoms with van der Waals surface area (Å²) in [6.07, 6.45) is 1.73. The summed E-state index contributed by atoms with van der Waals surface area (Å²) < 4.78 is 5.36. The largest absolute Gasteiger partial charge is 0.378 e. The number of urea groups is 1. The Bertz CT molecular complexity index is 775. The lowest BCUT2D eigenvalue weighted by atomic mass is 10.2. The highest BCUT2D eigenvalue weighted by Gasteiger charge is 2.16. The molecular formula is C17H19N5O4. The van der Waals surface area contributed by atoms with E-state index in [9.17, 15) is 14.9 Å². The Hall–Kier alpha value is -3.20. The van der Waals surface area contributed by atoms with Crippen molar-refractivity contribution in [2.24, 2.45) is 0 Å². The van der Waals surface area contributed by atoms with Gasteiger partial charge in [-0.3, -0.25) is 10.1 Å². The maximum Gasteiger partial charge on any atom is 0.319 e. The Kier molecular flexibility index (Phi) is 5.59. The van der Waals surface area contributed by atoms with Crippen molar-refractivity contribution in [2.45, 2.75) is 6.54 Å². The Morgan fingerprint density at radius 1 is 1.23 bits per heavy atom. The molecule has 0 radical (unpaired) electrons. The molecule has 1 aliphatic rings. The number of nitro groups is 1. The summed E-state index contributed by atoms with van der Waals surface area (Å²) in [4.78, 5) is 28.8. The number of amides is 2. The minimum atomic E-state index is -0.487. The number of carbonyl (C=O) groups excluding carboxylic acids is 1. The van der Waals surface area contributed by atoms with E-state index in [0.717, 1.165) is 24.5 Å². The highest BCUT2D eigenvalue weighted by atomic mass is 16.6. The molecule has 1 aromatic carbocycles. The van der Waals surface area contributed by atoms with Crippen LogP contribution in [0.2, 0.25) is 0 Å². The van der Waals surface area contributed by atoms with Gasteiger partial charge >= 0.3 is 6.03 Å². The maximum absolute atomic E-state index is 12.1. The number of anilines is 2. The van der Waals surface area contributed by atoms with Crippen molar-refractivity contribution >= 4 is 23.2 Å². The average Bonchev–Trinajstić information content (AvgIpc) is 2.68. The van der Waals surface area contributed by atoms with Crippen LogP contribution >= 0.6 is 0 Å². The van der Waals surface area contributed by atoms with Gasteiger partial charge in [0.1, 0.15) is 5.82 Å². The summed E-state index contributed by atoms with van der Waals surface area (Å²) in [6, 6.07) is 9.01. The summed E-state index contributed by atoms with van der Waals surface area (Å²) in [5.74, 6) is 0.839. The quantitative estimate of drug-likeness (QED) is 0.627. The summed E-state index contributed by atoms with van der Waals surface area (Å²) in [5, 5.41) is 16.1. The minimum Gasteiger partial charge on any atom is -0.378 e. The van der Waals surface area contributed by atoms with Gasteiger partial charge < -0.3 is 20.3 Å². The van der Waals surface area contributed by atoms with E-state index in [1.807, 2.05) is 12.1 Å². The standard InChI is InChI=1S/C17H19N5O4/c23-17(20-14-3-5-15(6-4-14)22(24)25)19-12-13-2-1-7-18-16(13)21-8-10-26-11-9-21/h1-7H,8-12H2,(H2,19,20,23). The van der Waals surface area contributed by atoms with Crippen LogP contribution < -0.4 is 15.5 Å². The number of carbonyl (C=O) groups is 1. The fourth-order valence-electron chi connectivity index (χ4n) is 2.65. The van der Waals surface area contributed by atoms with Crippen LogP contribution in [0, 0.1) is 10.1 Å². The van der Waals surface area contributed by atoms with E-state index < -0.39 is 11.0 Å². The number of pyridine rings is 1. The molecule has 0 atom stereocenters. The van der Waals surface area contributed by atoms with Crippen molar-refractivity contribution in [3.63, 3.8) is 0 Å². The zero-order valence-electron chi connectivity index (χ0n) is 14.1. The SMILES string of the molecule is O=C(NCc1cccnc1N1CCOCC1)Nc1ccc([N+](=O)[O-])cc1. The number of benzene rings is 1. The first-order valence-electron chi connectivity index (χ1n) is 8.19. The van der Waals surface area contributed by atoms with Gasteiger partial charge in [-0.15, -0.1) is 0 Å². The van der Waals surface area contributed by atoms with E-state index in [0.29, 0.717) is 25.4 Å². The second-order valence-corrected chi connectivity index (χ2v) is 5.70. The molecule has 2 amide bonds. The second-order valence-electron chi connectivity index (χ2n) is 5.70. The van der Waals surface area contributed by atoms with Gasteiger partial charge in [0.25, 0.3) is 5.69 Å². The number of hydrogen-bond acceptors (Lipinski definition) is 6. The number of nitrogens with zero attached hydrogens (tertiary/aromatic N) is 3. The number of ether oxygens (including phenoxy) is 1. The number of hydrogen-bond donors (Lipinski definition) is 2. The van der Waals surface area contributed by atoms with Gasteiger partial charge in [-0.25, -0.2) is 9.78 Å². The molecule has 9 heteroatoms. The predicted molar refractivity (Wildman–Crippen MR) is 96.2 cm³/mol. The monoisotopic (exact) mass is 357 g/mol. The Labute approximate surface area is 150 Å². The number of rotatable bonds is 5. The second kappa shape index (κ2) is 8.26. The Balaban J connectivity index is 1.58. The van der Waals surface area contributed by atoms with E-state index in [4.69, 9.17) is 4.74 Å². The van der Waals surface area contributed by atoms with Gasteiger partial charge in [0, 0.05) is 49.2 Å². The van der Waals surface area contributed by atoms with Gasteiger partial charge in [-0.05, 0) is 18.2 Å². The van der Waals surface area contributed by atoms with E-state index >= 15 is 0 Å². The fourth-order valence-corrected chi connectivity index (χ4v) is 2.65. The first kappa shape index (κ1) is 17.6. The number of nitrogens with one attached hydrogen (secondary N) is 2. The molecule has 3 rings (SSSR count). The number of nitro benzene ring substituents is 1. The van der Waals surface area contributed by atoms with Crippen molar-refractivity contribution < 1.29 is 14.5 Å². The van der Waals surface area contributed by atoms with Crippen LogP contribution in [0.5, 0.6) is 0 Å². The third-order valence-corrected chi connectivity index (χ3v) is 3.95. The fraction of sp³-hybridized carbons (Fsp3) is 0.294. The molecule has 1 aromatic heterocycles. The molecule has 9 nitrogen and oxygen atoms in total. The smallest absolute Gasteiger partial charge is 0.319 e. The minimum absolute atomic E-state index is 0.0264. The molecule has 136 valence electrons. The van der Waals surface area contributed by atoms with Gasteiger partial charge in [0.2, 0.25) is 0 Å². The summed E-state index contributed by atoms with van der Waals surface area (Å²) >= 11 is 0. The summed E-state index contributed by atoms with van der Waals surface area (Å²) in [5.41, 5.74) is 1.36. The average molecular weight is 357 g/mol. The molecule has 2 aromatic rings. The highest BCUT2D eigenvalue weighted by Crippen LogP contribution is 2.18. The molecule has 26 heavy (non-hydrogen) atoms. The zero-order valence-corrected chi connectivity index (χ0v) is 14.1.